The Kier molecular flexibility index (Phi) is 4.24. The number of aromatic nitrogens is 1. The number of benzene rings is 1. The number of carboxylic acid groups (broad SMARTS) is 1. The number of ether oxygens (including phenoxy) is 2. The smallest absolute Gasteiger partial charge is 0.347 e. The molecule has 20 heavy (non-hydrogen) atoms. The molecule has 0 aliphatic carbocycles. The summed E-state index contributed by atoms with van der Waals surface area (Å²) in [7, 11) is 1.57. The number of aromatic carboxylic acids is 1. The summed E-state index contributed by atoms with van der Waals surface area (Å²) < 4.78 is 10.9. The summed E-state index contributed by atoms with van der Waals surface area (Å²) in [6.45, 7) is 3.70. The van der Waals surface area contributed by atoms with Crippen LogP contribution in [-0.4, -0.2) is 23.2 Å². The third-order valence-corrected chi connectivity index (χ3v) is 3.83. The van der Waals surface area contributed by atoms with Crippen molar-refractivity contribution in [3.63, 3.8) is 0 Å². The van der Waals surface area contributed by atoms with E-state index in [2.05, 4.69) is 11.9 Å². The molecule has 0 spiro atoms. The molecule has 0 aliphatic rings. The molecule has 0 bridgehead atoms. The van der Waals surface area contributed by atoms with Crippen LogP contribution in [0.3, 0.4) is 0 Å². The lowest BCUT2D eigenvalue weighted by Crippen LogP contribution is -1.94. The van der Waals surface area contributed by atoms with E-state index in [-0.39, 0.29) is 4.88 Å². The number of methoxy groups -OCH3 is 1. The lowest BCUT2D eigenvalue weighted by molar-refractivity contribution is 0.0701. The van der Waals surface area contributed by atoms with Gasteiger partial charge in [0.1, 0.15) is 4.88 Å². The van der Waals surface area contributed by atoms with Crippen LogP contribution < -0.4 is 9.47 Å². The van der Waals surface area contributed by atoms with E-state index in [0.29, 0.717) is 22.4 Å². The second-order valence-corrected chi connectivity index (χ2v) is 5.10. The number of carboxylic acids is 1. The van der Waals surface area contributed by atoms with E-state index >= 15 is 0 Å². The number of carbonyl (C=O) groups is 1. The molecule has 1 N–H and O–H groups in total. The summed E-state index contributed by atoms with van der Waals surface area (Å²) in [5, 5.41) is 9.30. The average molecular weight is 293 g/mol. The third-order valence-electron chi connectivity index (χ3n) is 2.80. The maximum atomic E-state index is 11.0. The number of hydrogen-bond acceptors (Lipinski definition) is 5. The number of thiazole rings is 1. The predicted octanol–water partition coefficient (Wildman–Crippen LogP) is 3.51. The Labute approximate surface area is 120 Å². The van der Waals surface area contributed by atoms with Crippen molar-refractivity contribution in [2.75, 3.05) is 7.11 Å². The minimum Gasteiger partial charge on any atom is -0.493 e. The van der Waals surface area contributed by atoms with Gasteiger partial charge in [-0.15, -0.1) is 0 Å². The molecule has 0 unspecified atom stereocenters. The van der Waals surface area contributed by atoms with Crippen LogP contribution >= 0.6 is 11.3 Å². The molecule has 2 aromatic rings. The first-order chi connectivity index (χ1) is 9.55. The van der Waals surface area contributed by atoms with E-state index in [9.17, 15) is 4.79 Å². The number of nitrogens with zero attached hydrogens (tertiary/aromatic N) is 1. The molecule has 5 nitrogen and oxygen atoms in total. The van der Waals surface area contributed by atoms with Crippen molar-refractivity contribution in [1.82, 2.24) is 4.98 Å². The highest BCUT2D eigenvalue weighted by Crippen LogP contribution is 2.35. The molecular weight excluding hydrogens is 278 g/mol. The van der Waals surface area contributed by atoms with E-state index in [1.54, 1.807) is 20.1 Å². The van der Waals surface area contributed by atoms with Gasteiger partial charge in [-0.05, 0) is 31.0 Å². The van der Waals surface area contributed by atoms with Gasteiger partial charge >= 0.3 is 5.97 Å². The summed E-state index contributed by atoms with van der Waals surface area (Å²) in [6, 6.07) is 5.64. The zero-order valence-electron chi connectivity index (χ0n) is 11.5. The van der Waals surface area contributed by atoms with Crippen LogP contribution in [-0.2, 0) is 6.42 Å². The molecule has 0 saturated heterocycles. The first-order valence-electron chi connectivity index (χ1n) is 6.10. The topological polar surface area (TPSA) is 68.7 Å². The van der Waals surface area contributed by atoms with Crippen LogP contribution in [0.1, 0.15) is 27.9 Å². The van der Waals surface area contributed by atoms with Crippen molar-refractivity contribution in [2.24, 2.45) is 0 Å². The highest BCUT2D eigenvalue weighted by atomic mass is 32.1. The fourth-order valence-corrected chi connectivity index (χ4v) is 2.49. The summed E-state index contributed by atoms with van der Waals surface area (Å²) in [4.78, 5) is 15.3. The highest BCUT2D eigenvalue weighted by Gasteiger charge is 2.16. The maximum absolute atomic E-state index is 11.0. The van der Waals surface area contributed by atoms with Gasteiger partial charge in [-0.3, -0.25) is 0 Å². The molecule has 106 valence electrons. The van der Waals surface area contributed by atoms with Crippen LogP contribution in [0.5, 0.6) is 16.7 Å². The molecule has 0 atom stereocenters. The largest absolute Gasteiger partial charge is 0.493 e. The van der Waals surface area contributed by atoms with E-state index < -0.39 is 5.97 Å². The van der Waals surface area contributed by atoms with Crippen LogP contribution in [0, 0.1) is 6.92 Å². The highest BCUT2D eigenvalue weighted by molar-refractivity contribution is 7.15. The first-order valence-corrected chi connectivity index (χ1v) is 6.92. The zero-order valence-corrected chi connectivity index (χ0v) is 12.3. The lowest BCUT2D eigenvalue weighted by atomic mass is 10.1. The Balaban J connectivity index is 2.30. The van der Waals surface area contributed by atoms with Crippen molar-refractivity contribution >= 4 is 17.3 Å². The average Bonchev–Trinajstić information content (AvgIpc) is 2.80. The molecule has 1 aromatic carbocycles. The maximum Gasteiger partial charge on any atom is 0.347 e. The van der Waals surface area contributed by atoms with Gasteiger partial charge in [0.2, 0.25) is 0 Å². The molecule has 0 radical (unpaired) electrons. The monoisotopic (exact) mass is 293 g/mol. The number of aryl methyl sites for hydroxylation is 2. The van der Waals surface area contributed by atoms with Gasteiger partial charge in [-0.1, -0.05) is 24.3 Å². The van der Waals surface area contributed by atoms with Gasteiger partial charge in [0.15, 0.2) is 11.5 Å². The standard InChI is InChI=1S/C14H15NO4S/c1-4-9-5-6-10(11(7-9)18-3)19-14-15-8(2)12(20-14)13(16)17/h5-7H,4H2,1-3H3,(H,16,17). The summed E-state index contributed by atoms with van der Waals surface area (Å²) >= 11 is 1.00. The van der Waals surface area contributed by atoms with E-state index in [0.717, 1.165) is 23.3 Å². The van der Waals surface area contributed by atoms with Crippen molar-refractivity contribution in [3.05, 3.63) is 34.3 Å². The minimum atomic E-state index is -0.997. The van der Waals surface area contributed by atoms with Crippen LogP contribution in [0.15, 0.2) is 18.2 Å². The molecule has 0 amide bonds. The first kappa shape index (κ1) is 14.3. The zero-order chi connectivity index (χ0) is 14.7. The summed E-state index contributed by atoms with van der Waals surface area (Å²) in [5.74, 6) is 0.132. The van der Waals surface area contributed by atoms with Crippen molar-refractivity contribution in [3.8, 4) is 16.7 Å². The van der Waals surface area contributed by atoms with Crippen LogP contribution in [0.4, 0.5) is 0 Å². The molecule has 1 heterocycles. The fraction of sp³-hybridized carbons (Fsp3) is 0.286. The van der Waals surface area contributed by atoms with Gasteiger partial charge in [0.05, 0.1) is 12.8 Å². The van der Waals surface area contributed by atoms with E-state index in [1.807, 2.05) is 12.1 Å². The second kappa shape index (κ2) is 5.92. The van der Waals surface area contributed by atoms with Crippen LogP contribution in [0.25, 0.3) is 0 Å². The number of hydrogen-bond donors (Lipinski definition) is 1. The lowest BCUT2D eigenvalue weighted by Gasteiger charge is -2.09. The quantitative estimate of drug-likeness (QED) is 0.913. The second-order valence-electron chi connectivity index (χ2n) is 4.14. The van der Waals surface area contributed by atoms with Gasteiger partial charge in [0.25, 0.3) is 5.19 Å². The van der Waals surface area contributed by atoms with Gasteiger partial charge in [-0.25, -0.2) is 9.78 Å². The van der Waals surface area contributed by atoms with Crippen LogP contribution in [0.2, 0.25) is 0 Å². The SMILES string of the molecule is CCc1ccc(Oc2nc(C)c(C(=O)O)s2)c(OC)c1. The molecule has 0 saturated carbocycles. The Morgan fingerprint density at radius 3 is 2.70 bits per heavy atom. The third kappa shape index (κ3) is 2.91. The van der Waals surface area contributed by atoms with Gasteiger partial charge in [-0.2, -0.15) is 0 Å². The van der Waals surface area contributed by atoms with E-state index in [1.165, 1.54) is 0 Å². The Hall–Kier alpha value is -2.08. The summed E-state index contributed by atoms with van der Waals surface area (Å²) in [6.07, 6.45) is 0.899. The minimum absolute atomic E-state index is 0.184. The molecular formula is C14H15NO4S. The normalized spacial score (nSPS) is 10.3. The predicted molar refractivity (Wildman–Crippen MR) is 76.3 cm³/mol. The molecule has 6 heteroatoms. The van der Waals surface area contributed by atoms with Gasteiger partial charge in [0, 0.05) is 0 Å². The Morgan fingerprint density at radius 1 is 1.40 bits per heavy atom. The fourth-order valence-electron chi connectivity index (χ4n) is 1.72. The van der Waals surface area contributed by atoms with E-state index in [4.69, 9.17) is 14.6 Å². The Morgan fingerprint density at radius 2 is 2.15 bits per heavy atom. The molecule has 1 aromatic heterocycles. The molecule has 0 aliphatic heterocycles. The molecule has 0 fully saturated rings. The van der Waals surface area contributed by atoms with Crippen molar-refractivity contribution in [1.29, 1.82) is 0 Å². The summed E-state index contributed by atoms with van der Waals surface area (Å²) in [5.41, 5.74) is 1.58. The van der Waals surface area contributed by atoms with Gasteiger partial charge < -0.3 is 14.6 Å². The molecule has 2 rings (SSSR count). The van der Waals surface area contributed by atoms with Crippen molar-refractivity contribution in [2.45, 2.75) is 20.3 Å². The Bertz CT molecular complexity index is 636. The van der Waals surface area contributed by atoms with Crippen molar-refractivity contribution < 1.29 is 19.4 Å². The number of rotatable bonds is 5.